The van der Waals surface area contributed by atoms with E-state index in [1.165, 1.54) is 0 Å². The summed E-state index contributed by atoms with van der Waals surface area (Å²) in [7, 11) is 1.93. The second-order valence-corrected chi connectivity index (χ2v) is 7.13. The fraction of sp³-hybridized carbons (Fsp3) is 0.364. The van der Waals surface area contributed by atoms with E-state index in [2.05, 4.69) is 0 Å². The maximum Gasteiger partial charge on any atom is 0.340 e. The van der Waals surface area contributed by atoms with Crippen LogP contribution in [0.3, 0.4) is 0 Å². The molecule has 0 aliphatic carbocycles. The molecule has 0 aliphatic heterocycles. The highest BCUT2D eigenvalue weighted by atomic mass is 16.5. The normalized spacial score (nSPS) is 11.3. The first-order valence-corrected chi connectivity index (χ1v) is 9.23. The lowest BCUT2D eigenvalue weighted by molar-refractivity contribution is -0.135. The molecule has 0 radical (unpaired) electrons. The van der Waals surface area contributed by atoms with E-state index in [1.807, 2.05) is 56.7 Å². The zero-order valence-corrected chi connectivity index (χ0v) is 16.5. The number of ether oxygens (including phenoxy) is 2. The summed E-state index contributed by atoms with van der Waals surface area (Å²) in [6, 6.07) is 9.55. The fourth-order valence-corrected chi connectivity index (χ4v) is 3.45. The van der Waals surface area contributed by atoms with Crippen molar-refractivity contribution in [3.8, 4) is 5.75 Å². The molecule has 27 heavy (non-hydrogen) atoms. The van der Waals surface area contributed by atoms with Gasteiger partial charge in [0.15, 0.2) is 0 Å². The maximum atomic E-state index is 12.6. The molecule has 1 aromatic heterocycles. The molecule has 0 bridgehead atoms. The van der Waals surface area contributed by atoms with Crippen LogP contribution in [0.1, 0.15) is 43.2 Å². The van der Waals surface area contributed by atoms with Crippen LogP contribution in [-0.4, -0.2) is 23.1 Å². The molecule has 142 valence electrons. The molecule has 0 spiro atoms. The van der Waals surface area contributed by atoms with Crippen LogP contribution in [0.15, 0.2) is 30.3 Å². The lowest BCUT2D eigenvalue weighted by atomic mass is 10.0. The number of nitrogens with zero attached hydrogens (tertiary/aromatic N) is 1. The van der Waals surface area contributed by atoms with E-state index in [0.717, 1.165) is 27.4 Å². The highest BCUT2D eigenvalue weighted by Crippen LogP contribution is 2.37. The van der Waals surface area contributed by atoms with Gasteiger partial charge in [0.05, 0.1) is 17.7 Å². The van der Waals surface area contributed by atoms with Crippen LogP contribution in [0.2, 0.25) is 0 Å². The Morgan fingerprint density at radius 1 is 1.11 bits per heavy atom. The van der Waals surface area contributed by atoms with Gasteiger partial charge in [-0.1, -0.05) is 38.1 Å². The molecule has 1 heterocycles. The molecular formula is C22H25NO4. The number of aryl methyl sites for hydroxylation is 1. The van der Waals surface area contributed by atoms with Gasteiger partial charge in [-0.3, -0.25) is 4.79 Å². The molecule has 0 atom stereocenters. The molecule has 0 N–H and O–H groups in total. The summed E-state index contributed by atoms with van der Waals surface area (Å²) in [5, 5.41) is 2.51. The molecule has 0 unspecified atom stereocenters. The molecule has 3 rings (SSSR count). The van der Waals surface area contributed by atoms with Crippen molar-refractivity contribution in [3.05, 3.63) is 41.6 Å². The molecule has 5 nitrogen and oxygen atoms in total. The summed E-state index contributed by atoms with van der Waals surface area (Å²) in [5.74, 6) is 0.0386. The molecular weight excluding hydrogens is 342 g/mol. The second-order valence-electron chi connectivity index (χ2n) is 7.13. The summed E-state index contributed by atoms with van der Waals surface area (Å²) in [6.45, 7) is 7.93. The van der Waals surface area contributed by atoms with Gasteiger partial charge < -0.3 is 14.0 Å². The smallest absolute Gasteiger partial charge is 0.340 e. The number of carbonyl (C=O) groups excluding carboxylic acids is 2. The van der Waals surface area contributed by atoms with E-state index >= 15 is 0 Å². The van der Waals surface area contributed by atoms with Crippen LogP contribution in [0.5, 0.6) is 5.75 Å². The summed E-state index contributed by atoms with van der Waals surface area (Å²) < 4.78 is 12.9. The first-order chi connectivity index (χ1) is 12.8. The number of fused-ring (bicyclic) bond motifs is 3. The Hall–Kier alpha value is -2.82. The average Bonchev–Trinajstić information content (AvgIpc) is 2.85. The molecule has 3 aromatic rings. The van der Waals surface area contributed by atoms with Crippen molar-refractivity contribution in [2.24, 2.45) is 13.0 Å². The van der Waals surface area contributed by atoms with Gasteiger partial charge in [-0.15, -0.1) is 0 Å². The largest absolute Gasteiger partial charge is 0.462 e. The van der Waals surface area contributed by atoms with Gasteiger partial charge in [-0.2, -0.15) is 0 Å². The third kappa shape index (κ3) is 3.42. The minimum Gasteiger partial charge on any atom is -0.462 e. The monoisotopic (exact) mass is 367 g/mol. The zero-order valence-electron chi connectivity index (χ0n) is 16.5. The lowest BCUT2D eigenvalue weighted by Crippen LogP contribution is -2.11. The van der Waals surface area contributed by atoms with Crippen molar-refractivity contribution in [2.45, 2.75) is 34.1 Å². The summed E-state index contributed by atoms with van der Waals surface area (Å²) in [5.41, 5.74) is 2.26. The van der Waals surface area contributed by atoms with Gasteiger partial charge in [0.25, 0.3) is 0 Å². The predicted octanol–water partition coefficient (Wildman–Crippen LogP) is 4.77. The summed E-state index contributed by atoms with van der Waals surface area (Å²) >= 11 is 0. The number of rotatable bonds is 5. The van der Waals surface area contributed by atoms with Crippen molar-refractivity contribution < 1.29 is 19.1 Å². The van der Waals surface area contributed by atoms with Crippen LogP contribution in [0, 0.1) is 12.8 Å². The minimum absolute atomic E-state index is 0.210. The Balaban J connectivity index is 2.28. The van der Waals surface area contributed by atoms with Gasteiger partial charge in [-0.25, -0.2) is 4.79 Å². The summed E-state index contributed by atoms with van der Waals surface area (Å²) in [4.78, 5) is 24.8. The van der Waals surface area contributed by atoms with E-state index in [4.69, 9.17) is 9.47 Å². The van der Waals surface area contributed by atoms with Gasteiger partial charge in [0, 0.05) is 35.3 Å². The Bertz CT molecular complexity index is 1030. The second kappa shape index (κ2) is 7.43. The van der Waals surface area contributed by atoms with Crippen molar-refractivity contribution in [1.29, 1.82) is 0 Å². The highest BCUT2D eigenvalue weighted by molar-refractivity contribution is 6.16. The van der Waals surface area contributed by atoms with Crippen LogP contribution in [0.4, 0.5) is 0 Å². The topological polar surface area (TPSA) is 57.5 Å². The Kier molecular flexibility index (Phi) is 5.22. The molecule has 0 aliphatic rings. The fourth-order valence-electron chi connectivity index (χ4n) is 3.45. The Labute approximate surface area is 158 Å². The van der Waals surface area contributed by atoms with E-state index in [9.17, 15) is 9.59 Å². The van der Waals surface area contributed by atoms with Crippen molar-refractivity contribution >= 4 is 33.6 Å². The standard InChI is InChI=1S/C22H25NO4/c1-6-26-22(25)20-14(4)23(5)21-16-10-8-7-9-15(16)18(12-17(20)21)27-19(24)11-13(2)3/h7-10,12-13H,6,11H2,1-5H3. The highest BCUT2D eigenvalue weighted by Gasteiger charge is 2.23. The molecule has 0 fully saturated rings. The first kappa shape index (κ1) is 19.0. The van der Waals surface area contributed by atoms with Gasteiger partial charge in [-0.05, 0) is 25.8 Å². The van der Waals surface area contributed by atoms with E-state index in [1.54, 1.807) is 13.0 Å². The van der Waals surface area contributed by atoms with Gasteiger partial charge in [0.2, 0.25) is 0 Å². The molecule has 5 heteroatoms. The predicted molar refractivity (Wildman–Crippen MR) is 106 cm³/mol. The third-order valence-corrected chi connectivity index (χ3v) is 4.73. The number of hydrogen-bond acceptors (Lipinski definition) is 4. The van der Waals surface area contributed by atoms with Gasteiger partial charge in [0.1, 0.15) is 5.75 Å². The van der Waals surface area contributed by atoms with Crippen LogP contribution in [-0.2, 0) is 16.6 Å². The minimum atomic E-state index is -0.365. The maximum absolute atomic E-state index is 12.6. The molecule has 0 saturated heterocycles. The zero-order chi connectivity index (χ0) is 19.7. The van der Waals surface area contributed by atoms with E-state index in [0.29, 0.717) is 24.3 Å². The number of hydrogen-bond donors (Lipinski definition) is 0. The van der Waals surface area contributed by atoms with E-state index in [-0.39, 0.29) is 17.9 Å². The first-order valence-electron chi connectivity index (χ1n) is 9.23. The van der Waals surface area contributed by atoms with Crippen LogP contribution < -0.4 is 4.74 Å². The SMILES string of the molecule is CCOC(=O)c1c(C)n(C)c2c1cc(OC(=O)CC(C)C)c1ccccc12. The molecule has 0 amide bonds. The number of benzene rings is 2. The van der Waals surface area contributed by atoms with Crippen molar-refractivity contribution in [1.82, 2.24) is 4.57 Å². The lowest BCUT2D eigenvalue weighted by Gasteiger charge is -2.11. The van der Waals surface area contributed by atoms with Crippen LogP contribution >= 0.6 is 0 Å². The van der Waals surface area contributed by atoms with Crippen LogP contribution in [0.25, 0.3) is 21.7 Å². The molecule has 2 aromatic carbocycles. The van der Waals surface area contributed by atoms with E-state index < -0.39 is 0 Å². The summed E-state index contributed by atoms with van der Waals surface area (Å²) in [6.07, 6.45) is 0.338. The quantitative estimate of drug-likeness (QED) is 0.481. The Morgan fingerprint density at radius 3 is 2.41 bits per heavy atom. The van der Waals surface area contributed by atoms with Crippen molar-refractivity contribution in [3.63, 3.8) is 0 Å². The van der Waals surface area contributed by atoms with Crippen molar-refractivity contribution in [2.75, 3.05) is 6.61 Å². The average molecular weight is 367 g/mol. The Morgan fingerprint density at radius 2 is 1.78 bits per heavy atom. The molecule has 0 saturated carbocycles. The number of esters is 2. The van der Waals surface area contributed by atoms with Gasteiger partial charge >= 0.3 is 11.9 Å². The third-order valence-electron chi connectivity index (χ3n) is 4.73. The number of aromatic nitrogens is 1. The number of carbonyl (C=O) groups is 2.